The molecule has 0 aliphatic heterocycles. The Labute approximate surface area is 232 Å². The zero-order valence-electron chi connectivity index (χ0n) is 20.8. The third-order valence-electron chi connectivity index (χ3n) is 5.45. The van der Waals surface area contributed by atoms with Crippen LogP contribution in [0.4, 0.5) is 10.1 Å². The second-order valence-corrected chi connectivity index (χ2v) is 11.6. The molecule has 0 radical (unpaired) electrons. The van der Waals surface area contributed by atoms with E-state index in [1.54, 1.807) is 49.3 Å². The average Bonchev–Trinajstić information content (AvgIpc) is 3.39. The Kier molecular flexibility index (Phi) is 9.42. The van der Waals surface area contributed by atoms with Crippen LogP contribution < -0.4 is 15.0 Å². The van der Waals surface area contributed by atoms with Gasteiger partial charge in [0.1, 0.15) is 11.6 Å². The highest BCUT2D eigenvalue weighted by molar-refractivity contribution is 8.07. The third-order valence-corrected chi connectivity index (χ3v) is 9.36. The number of hydrogen-bond acceptors (Lipinski definition) is 8. The molecule has 37 heavy (non-hydrogen) atoms. The quantitative estimate of drug-likeness (QED) is 0.113. The number of aromatic amines is 1. The van der Waals surface area contributed by atoms with Crippen molar-refractivity contribution in [3.63, 3.8) is 0 Å². The molecular weight excluding hydrogens is 546 g/mol. The Hall–Kier alpha value is -2.66. The van der Waals surface area contributed by atoms with E-state index in [-0.39, 0.29) is 11.4 Å². The van der Waals surface area contributed by atoms with Crippen molar-refractivity contribution in [2.75, 3.05) is 18.1 Å². The molecule has 0 atom stereocenters. The van der Waals surface area contributed by atoms with E-state index in [0.717, 1.165) is 31.7 Å². The maximum absolute atomic E-state index is 13.1. The van der Waals surface area contributed by atoms with Gasteiger partial charge < -0.3 is 14.4 Å². The number of hydrogen-bond donors (Lipinski definition) is 2. The number of ether oxygens (including phenoxy) is 1. The molecule has 2 N–H and O–H groups in total. The molecule has 4 aromatic rings. The molecule has 0 aliphatic carbocycles. The molecule has 0 spiro atoms. The summed E-state index contributed by atoms with van der Waals surface area (Å²) in [5.41, 5.74) is 3.02. The molecule has 0 unspecified atom stereocenters. The fourth-order valence-corrected chi connectivity index (χ4v) is 6.86. The van der Waals surface area contributed by atoms with Crippen molar-refractivity contribution in [1.29, 1.82) is 0 Å². The number of benzene rings is 2. The molecule has 2 heterocycles. The van der Waals surface area contributed by atoms with Crippen LogP contribution in [0.3, 0.4) is 0 Å². The highest BCUT2D eigenvalue weighted by Gasteiger charge is 2.15. The third kappa shape index (κ3) is 6.81. The second-order valence-electron chi connectivity index (χ2n) is 7.84. The second kappa shape index (κ2) is 12.7. The fourth-order valence-electron chi connectivity index (χ4n) is 3.47. The topological polar surface area (TPSA) is 67.0 Å². The summed E-state index contributed by atoms with van der Waals surface area (Å²) in [5, 5.41) is 0.563. The monoisotopic (exact) mass is 571 g/mol. The highest BCUT2D eigenvalue weighted by atomic mass is 32.2. The van der Waals surface area contributed by atoms with Crippen LogP contribution >= 0.6 is 46.8 Å². The van der Waals surface area contributed by atoms with Crippen molar-refractivity contribution in [3.8, 4) is 16.3 Å². The molecule has 4 rings (SSSR count). The first-order valence-corrected chi connectivity index (χ1v) is 15.2. The van der Waals surface area contributed by atoms with E-state index in [2.05, 4.69) is 28.1 Å². The van der Waals surface area contributed by atoms with Crippen LogP contribution in [0, 0.1) is 12.7 Å². The molecule has 0 bridgehead atoms. The molecule has 0 fully saturated rings. The molecule has 2 aromatic heterocycles. The summed E-state index contributed by atoms with van der Waals surface area (Å²) >= 11 is 6.19. The number of methoxy groups -OCH3 is 1. The van der Waals surface area contributed by atoms with Crippen LogP contribution in [0.15, 0.2) is 75.5 Å². The number of nitrogens with zero attached hydrogens (tertiary/aromatic N) is 1. The molecule has 0 aliphatic rings. The molecule has 5 nitrogen and oxygen atoms in total. The van der Waals surface area contributed by atoms with Gasteiger partial charge in [-0.15, -0.1) is 23.1 Å². The van der Waals surface area contributed by atoms with Crippen molar-refractivity contribution in [1.82, 2.24) is 9.97 Å². The van der Waals surface area contributed by atoms with E-state index in [9.17, 15) is 9.18 Å². The summed E-state index contributed by atoms with van der Waals surface area (Å²) in [7, 11) is 1.63. The molecule has 192 valence electrons. The molecule has 2 aromatic carbocycles. The molecule has 0 saturated carbocycles. The molecule has 10 heteroatoms. The lowest BCUT2D eigenvalue weighted by atomic mass is 10.2. The van der Waals surface area contributed by atoms with E-state index in [1.165, 1.54) is 40.7 Å². The maximum atomic E-state index is 13.1. The summed E-state index contributed by atoms with van der Waals surface area (Å²) in [4.78, 5) is 24.6. The Balaban J connectivity index is 1.49. The average molecular weight is 572 g/mol. The van der Waals surface area contributed by atoms with Gasteiger partial charge in [0.05, 0.1) is 17.7 Å². The van der Waals surface area contributed by atoms with Gasteiger partial charge in [-0.2, -0.15) is 0 Å². The van der Waals surface area contributed by atoms with Crippen molar-refractivity contribution in [3.05, 3.63) is 92.8 Å². The number of thiophene rings is 1. The number of thioether (sulfide) groups is 2. The SMILES string of the molecule is C/C=C(\SC)c1ccc(-c2nc(SCc3ccc(NSc4ccc(F)cc4)cc3OC)[nH]c(=O)c2C)s1. The van der Waals surface area contributed by atoms with Gasteiger partial charge in [-0.05, 0) is 74.5 Å². The van der Waals surface area contributed by atoms with Gasteiger partial charge in [0.25, 0.3) is 5.56 Å². The van der Waals surface area contributed by atoms with E-state index >= 15 is 0 Å². The molecule has 0 saturated heterocycles. The summed E-state index contributed by atoms with van der Waals surface area (Å²) < 4.78 is 22.0. The number of halogens is 1. The lowest BCUT2D eigenvalue weighted by molar-refractivity contribution is 0.411. The number of aromatic nitrogens is 2. The van der Waals surface area contributed by atoms with Crippen LogP contribution in [0.5, 0.6) is 5.75 Å². The predicted molar refractivity (Wildman–Crippen MR) is 159 cm³/mol. The Morgan fingerprint density at radius 2 is 1.97 bits per heavy atom. The number of nitrogens with one attached hydrogen (secondary N) is 2. The van der Waals surface area contributed by atoms with Crippen LogP contribution in [0.1, 0.15) is 22.9 Å². The lowest BCUT2D eigenvalue weighted by Gasteiger charge is -2.12. The van der Waals surface area contributed by atoms with Crippen LogP contribution in [-0.4, -0.2) is 23.3 Å². The molecular formula is C27H26FN3O2S4. The normalized spacial score (nSPS) is 11.5. The summed E-state index contributed by atoms with van der Waals surface area (Å²) in [6, 6.07) is 16.3. The summed E-state index contributed by atoms with van der Waals surface area (Å²) in [6.07, 6.45) is 4.15. The fraction of sp³-hybridized carbons (Fsp3) is 0.185. The van der Waals surface area contributed by atoms with Gasteiger partial charge in [-0.3, -0.25) is 4.79 Å². The Morgan fingerprint density at radius 1 is 1.19 bits per heavy atom. The van der Waals surface area contributed by atoms with Gasteiger partial charge >= 0.3 is 0 Å². The van der Waals surface area contributed by atoms with Crippen LogP contribution in [0.2, 0.25) is 0 Å². The standard InChI is InChI=1S/C27H26FN3O2S4/c1-5-22(34-4)23-12-13-24(36-23)25-16(2)26(32)30-27(29-25)35-15-17-6-9-19(14-21(17)33-3)31-37-20-10-7-18(28)8-11-20/h5-14,31H,15H2,1-4H3,(H,29,30,32)/b22-5-. The zero-order valence-corrected chi connectivity index (χ0v) is 24.0. The van der Waals surface area contributed by atoms with Gasteiger partial charge in [0.2, 0.25) is 0 Å². The van der Waals surface area contributed by atoms with Crippen molar-refractivity contribution in [2.24, 2.45) is 0 Å². The Bertz CT molecular complexity index is 1470. The summed E-state index contributed by atoms with van der Waals surface area (Å²) in [5.74, 6) is 1.04. The van der Waals surface area contributed by atoms with Crippen LogP contribution in [-0.2, 0) is 5.75 Å². The van der Waals surface area contributed by atoms with Gasteiger partial charge in [0, 0.05) is 43.3 Å². The van der Waals surface area contributed by atoms with Gasteiger partial charge in [-0.1, -0.05) is 23.9 Å². The van der Waals surface area contributed by atoms with Crippen molar-refractivity contribution < 1.29 is 9.13 Å². The lowest BCUT2D eigenvalue weighted by Crippen LogP contribution is -2.13. The Morgan fingerprint density at radius 3 is 2.68 bits per heavy atom. The number of anilines is 1. The first-order chi connectivity index (χ1) is 17.9. The predicted octanol–water partition coefficient (Wildman–Crippen LogP) is 8.09. The van der Waals surface area contributed by atoms with E-state index < -0.39 is 0 Å². The molecule has 0 amide bonds. The van der Waals surface area contributed by atoms with Gasteiger partial charge in [0.15, 0.2) is 5.16 Å². The van der Waals surface area contributed by atoms with E-state index in [4.69, 9.17) is 9.72 Å². The highest BCUT2D eigenvalue weighted by Crippen LogP contribution is 2.37. The smallest absolute Gasteiger partial charge is 0.255 e. The van der Waals surface area contributed by atoms with Gasteiger partial charge in [-0.25, -0.2) is 9.37 Å². The van der Waals surface area contributed by atoms with E-state index in [1.807, 2.05) is 31.2 Å². The zero-order chi connectivity index (χ0) is 26.4. The van der Waals surface area contributed by atoms with Crippen molar-refractivity contribution >= 4 is 57.4 Å². The summed E-state index contributed by atoms with van der Waals surface area (Å²) in [6.45, 7) is 3.83. The van der Waals surface area contributed by atoms with Crippen molar-refractivity contribution in [2.45, 2.75) is 29.7 Å². The maximum Gasteiger partial charge on any atom is 0.255 e. The minimum atomic E-state index is -0.261. The number of H-pyrrole nitrogens is 1. The first kappa shape index (κ1) is 27.4. The largest absolute Gasteiger partial charge is 0.496 e. The first-order valence-electron chi connectivity index (χ1n) is 11.3. The van der Waals surface area contributed by atoms with E-state index in [0.29, 0.717) is 22.2 Å². The minimum Gasteiger partial charge on any atom is -0.496 e. The minimum absolute atomic E-state index is 0.136. The van der Waals surface area contributed by atoms with Crippen LogP contribution in [0.25, 0.3) is 15.5 Å². The number of rotatable bonds is 10. The number of allylic oxidation sites excluding steroid dienone is 1.